The molecule has 1 atom stereocenters. The van der Waals surface area contributed by atoms with E-state index in [0.717, 1.165) is 6.26 Å². The zero-order valence-electron chi connectivity index (χ0n) is 9.80. The normalized spacial score (nSPS) is 13.1. The number of hydrogen-bond acceptors (Lipinski definition) is 4. The fourth-order valence-corrected chi connectivity index (χ4v) is 1.89. The van der Waals surface area contributed by atoms with Gasteiger partial charge in [-0.3, -0.25) is 4.79 Å². The summed E-state index contributed by atoms with van der Waals surface area (Å²) in [5.74, 6) is -0.321. The van der Waals surface area contributed by atoms with Gasteiger partial charge in [0.1, 0.15) is 0 Å². The van der Waals surface area contributed by atoms with Crippen LogP contribution in [0.1, 0.15) is 13.3 Å². The molecule has 6 heteroatoms. The molecular weight excluding hydrogens is 240 g/mol. The van der Waals surface area contributed by atoms with Crippen LogP contribution in [0.15, 0.2) is 29.2 Å². The van der Waals surface area contributed by atoms with E-state index in [2.05, 4.69) is 5.32 Å². The molecule has 0 aliphatic carbocycles. The Bertz CT molecular complexity index is 511. The molecule has 17 heavy (non-hydrogen) atoms. The summed E-state index contributed by atoms with van der Waals surface area (Å²) in [6.07, 6.45) is 1.64. The van der Waals surface area contributed by atoms with Crippen LogP contribution in [-0.2, 0) is 14.6 Å². The summed E-state index contributed by atoms with van der Waals surface area (Å²) in [4.78, 5) is 11.7. The van der Waals surface area contributed by atoms with Gasteiger partial charge in [-0.2, -0.15) is 0 Å². The maximum atomic E-state index is 11.5. The van der Waals surface area contributed by atoms with Crippen molar-refractivity contribution in [3.63, 3.8) is 0 Å². The van der Waals surface area contributed by atoms with Gasteiger partial charge in [-0.15, -0.1) is 0 Å². The van der Waals surface area contributed by atoms with E-state index in [0.29, 0.717) is 12.1 Å². The Morgan fingerprint density at radius 3 is 2.65 bits per heavy atom. The minimum Gasteiger partial charge on any atom is -0.325 e. The first-order valence-electron chi connectivity index (χ1n) is 5.21. The van der Waals surface area contributed by atoms with E-state index in [-0.39, 0.29) is 10.8 Å². The minimum absolute atomic E-state index is 0.167. The number of benzene rings is 1. The fraction of sp³-hybridized carbons (Fsp3) is 0.364. The first kappa shape index (κ1) is 13.7. The van der Waals surface area contributed by atoms with E-state index in [1.165, 1.54) is 12.1 Å². The van der Waals surface area contributed by atoms with Crippen LogP contribution in [0.3, 0.4) is 0 Å². The first-order valence-corrected chi connectivity index (χ1v) is 7.10. The fourth-order valence-electron chi connectivity index (χ4n) is 1.22. The molecule has 0 saturated carbocycles. The standard InChI is InChI=1S/C11H16N2O3S/c1-3-10(12)11(14)13-8-5-4-6-9(7-8)17(2,15)16/h4-7,10H,3,12H2,1-2H3,(H,13,14)/t10-/m0/s1. The molecular formula is C11H16N2O3S. The van der Waals surface area contributed by atoms with Gasteiger partial charge in [0.05, 0.1) is 10.9 Å². The van der Waals surface area contributed by atoms with Crippen molar-refractivity contribution in [2.75, 3.05) is 11.6 Å². The largest absolute Gasteiger partial charge is 0.325 e. The molecule has 5 nitrogen and oxygen atoms in total. The maximum Gasteiger partial charge on any atom is 0.241 e. The molecule has 0 saturated heterocycles. The highest BCUT2D eigenvalue weighted by molar-refractivity contribution is 7.90. The lowest BCUT2D eigenvalue weighted by Gasteiger charge is -2.10. The highest BCUT2D eigenvalue weighted by atomic mass is 32.2. The number of sulfone groups is 1. The summed E-state index contributed by atoms with van der Waals surface area (Å²) in [7, 11) is -3.27. The second-order valence-corrected chi connectivity index (χ2v) is 5.82. The van der Waals surface area contributed by atoms with Gasteiger partial charge < -0.3 is 11.1 Å². The van der Waals surface area contributed by atoms with Crippen molar-refractivity contribution in [1.29, 1.82) is 0 Å². The van der Waals surface area contributed by atoms with Gasteiger partial charge in [-0.1, -0.05) is 13.0 Å². The van der Waals surface area contributed by atoms with Crippen LogP contribution in [0.2, 0.25) is 0 Å². The van der Waals surface area contributed by atoms with Gasteiger partial charge in [0, 0.05) is 11.9 Å². The maximum absolute atomic E-state index is 11.5. The molecule has 0 fully saturated rings. The number of nitrogens with one attached hydrogen (secondary N) is 1. The lowest BCUT2D eigenvalue weighted by atomic mass is 10.2. The van der Waals surface area contributed by atoms with Crippen LogP contribution in [0.25, 0.3) is 0 Å². The number of rotatable bonds is 4. The minimum atomic E-state index is -3.27. The molecule has 0 aromatic heterocycles. The molecule has 0 heterocycles. The number of anilines is 1. The lowest BCUT2D eigenvalue weighted by molar-refractivity contribution is -0.117. The molecule has 0 radical (unpaired) electrons. The molecule has 0 aliphatic heterocycles. The Kier molecular flexibility index (Phi) is 4.25. The predicted molar refractivity (Wildman–Crippen MR) is 66.4 cm³/mol. The van der Waals surface area contributed by atoms with E-state index in [9.17, 15) is 13.2 Å². The molecule has 0 aliphatic rings. The summed E-state index contributed by atoms with van der Waals surface area (Å²) in [5.41, 5.74) is 5.99. The molecule has 1 aromatic rings. The third-order valence-corrected chi connectivity index (χ3v) is 3.42. The van der Waals surface area contributed by atoms with Gasteiger partial charge in [0.25, 0.3) is 0 Å². The number of hydrogen-bond donors (Lipinski definition) is 2. The van der Waals surface area contributed by atoms with Gasteiger partial charge >= 0.3 is 0 Å². The SMILES string of the molecule is CC[C@H](N)C(=O)Nc1cccc(S(C)(=O)=O)c1. The molecule has 1 amide bonds. The molecule has 94 valence electrons. The van der Waals surface area contributed by atoms with Gasteiger partial charge in [-0.05, 0) is 24.6 Å². The van der Waals surface area contributed by atoms with Crippen molar-refractivity contribution in [1.82, 2.24) is 0 Å². The Morgan fingerprint density at radius 2 is 2.12 bits per heavy atom. The van der Waals surface area contributed by atoms with E-state index < -0.39 is 15.9 Å². The van der Waals surface area contributed by atoms with E-state index >= 15 is 0 Å². The van der Waals surface area contributed by atoms with Gasteiger partial charge in [-0.25, -0.2) is 8.42 Å². The second kappa shape index (κ2) is 5.29. The quantitative estimate of drug-likeness (QED) is 0.832. The predicted octanol–water partition coefficient (Wildman–Crippen LogP) is 0.766. The van der Waals surface area contributed by atoms with Crippen LogP contribution in [0.4, 0.5) is 5.69 Å². The van der Waals surface area contributed by atoms with E-state index in [1.807, 2.05) is 0 Å². The van der Waals surface area contributed by atoms with E-state index in [4.69, 9.17) is 5.73 Å². The van der Waals surface area contributed by atoms with Crippen LogP contribution in [0.5, 0.6) is 0 Å². The molecule has 0 spiro atoms. The van der Waals surface area contributed by atoms with Gasteiger partial charge in [0.2, 0.25) is 5.91 Å². The van der Waals surface area contributed by atoms with Gasteiger partial charge in [0.15, 0.2) is 9.84 Å². The van der Waals surface area contributed by atoms with E-state index in [1.54, 1.807) is 19.1 Å². The average molecular weight is 256 g/mol. The summed E-state index contributed by atoms with van der Waals surface area (Å²) in [5, 5.41) is 2.58. The summed E-state index contributed by atoms with van der Waals surface area (Å²) < 4.78 is 22.6. The molecule has 0 bridgehead atoms. The number of carbonyl (C=O) groups excluding carboxylic acids is 1. The molecule has 0 unspecified atom stereocenters. The van der Waals surface area contributed by atoms with Crippen molar-refractivity contribution in [3.05, 3.63) is 24.3 Å². The Hall–Kier alpha value is -1.40. The third-order valence-electron chi connectivity index (χ3n) is 2.31. The Morgan fingerprint density at radius 1 is 1.47 bits per heavy atom. The monoisotopic (exact) mass is 256 g/mol. The molecule has 1 rings (SSSR count). The highest BCUT2D eigenvalue weighted by Crippen LogP contribution is 2.15. The third kappa shape index (κ3) is 3.83. The van der Waals surface area contributed by atoms with Crippen molar-refractivity contribution in [2.45, 2.75) is 24.3 Å². The van der Waals surface area contributed by atoms with Crippen molar-refractivity contribution >= 4 is 21.4 Å². The zero-order chi connectivity index (χ0) is 13.1. The van der Waals surface area contributed by atoms with Crippen molar-refractivity contribution in [3.8, 4) is 0 Å². The lowest BCUT2D eigenvalue weighted by Crippen LogP contribution is -2.34. The average Bonchev–Trinajstić information content (AvgIpc) is 2.27. The number of carbonyl (C=O) groups is 1. The number of nitrogens with two attached hydrogens (primary N) is 1. The Balaban J connectivity index is 2.91. The zero-order valence-corrected chi connectivity index (χ0v) is 10.6. The number of amides is 1. The smallest absolute Gasteiger partial charge is 0.241 e. The first-order chi connectivity index (χ1) is 7.84. The van der Waals surface area contributed by atoms with Crippen molar-refractivity contribution < 1.29 is 13.2 Å². The summed E-state index contributed by atoms with van der Waals surface area (Å²) in [6, 6.07) is 5.50. The second-order valence-electron chi connectivity index (χ2n) is 3.80. The highest BCUT2D eigenvalue weighted by Gasteiger charge is 2.12. The van der Waals surface area contributed by atoms with Crippen molar-refractivity contribution in [2.24, 2.45) is 5.73 Å². The molecule has 1 aromatic carbocycles. The Labute approximate surface area is 101 Å². The van der Waals surface area contributed by atoms with Crippen LogP contribution < -0.4 is 11.1 Å². The topological polar surface area (TPSA) is 89.3 Å². The van der Waals surface area contributed by atoms with Crippen LogP contribution in [-0.4, -0.2) is 26.6 Å². The van der Waals surface area contributed by atoms with Crippen LogP contribution >= 0.6 is 0 Å². The summed E-state index contributed by atoms with van der Waals surface area (Å²) in [6.45, 7) is 1.80. The summed E-state index contributed by atoms with van der Waals surface area (Å²) >= 11 is 0. The van der Waals surface area contributed by atoms with Crippen LogP contribution in [0, 0.1) is 0 Å². The molecule has 3 N–H and O–H groups in total.